The molecule has 1 aromatic carbocycles. The first-order valence-electron chi connectivity index (χ1n) is 9.57. The van der Waals surface area contributed by atoms with Crippen molar-refractivity contribution in [3.05, 3.63) is 29.8 Å². The number of anilines is 1. The van der Waals surface area contributed by atoms with Crippen molar-refractivity contribution >= 4 is 23.6 Å². The van der Waals surface area contributed by atoms with Crippen LogP contribution < -0.4 is 10.6 Å². The quantitative estimate of drug-likeness (QED) is 0.829. The lowest BCUT2D eigenvalue weighted by Gasteiger charge is -2.31. The third-order valence-electron chi connectivity index (χ3n) is 5.15. The summed E-state index contributed by atoms with van der Waals surface area (Å²) in [4.78, 5) is 38.1. The van der Waals surface area contributed by atoms with Crippen LogP contribution in [0, 0.1) is 18.8 Å². The zero-order valence-electron chi connectivity index (χ0n) is 15.9. The van der Waals surface area contributed by atoms with Crippen LogP contribution in [0.25, 0.3) is 0 Å². The number of nitrogens with zero attached hydrogens (tertiary/aromatic N) is 1. The Balaban J connectivity index is 1.40. The Hall–Kier alpha value is -2.57. The largest absolute Gasteiger partial charge is 0.450 e. The molecule has 2 aliphatic rings. The minimum atomic E-state index is -0.294. The molecule has 0 bridgehead atoms. The van der Waals surface area contributed by atoms with Gasteiger partial charge in [0.1, 0.15) is 0 Å². The topological polar surface area (TPSA) is 87.7 Å². The number of rotatable bonds is 5. The average Bonchev–Trinajstić information content (AvgIpc) is 3.45. The molecule has 0 radical (unpaired) electrons. The van der Waals surface area contributed by atoms with Gasteiger partial charge in [0.05, 0.1) is 18.4 Å². The van der Waals surface area contributed by atoms with Crippen LogP contribution in [0.15, 0.2) is 24.3 Å². The highest BCUT2D eigenvalue weighted by Crippen LogP contribution is 2.39. The first-order chi connectivity index (χ1) is 13.0. The van der Waals surface area contributed by atoms with Gasteiger partial charge >= 0.3 is 6.09 Å². The molecule has 2 N–H and O–H groups in total. The number of ether oxygens (including phenoxy) is 1. The maximum Gasteiger partial charge on any atom is 0.409 e. The number of hydrogen-bond acceptors (Lipinski definition) is 4. The van der Waals surface area contributed by atoms with Crippen LogP contribution in [-0.2, 0) is 14.3 Å². The van der Waals surface area contributed by atoms with Crippen molar-refractivity contribution in [2.45, 2.75) is 39.2 Å². The van der Waals surface area contributed by atoms with E-state index in [1.54, 1.807) is 11.8 Å². The molecule has 1 aliphatic carbocycles. The molecule has 2 atom stereocenters. The summed E-state index contributed by atoms with van der Waals surface area (Å²) in [7, 11) is 0. The highest BCUT2D eigenvalue weighted by Gasteiger charge is 2.48. The van der Waals surface area contributed by atoms with E-state index in [0.717, 1.165) is 11.3 Å². The van der Waals surface area contributed by atoms with E-state index < -0.39 is 0 Å². The molecule has 1 saturated carbocycles. The van der Waals surface area contributed by atoms with Gasteiger partial charge in [-0.25, -0.2) is 4.79 Å². The maximum atomic E-state index is 12.4. The lowest BCUT2D eigenvalue weighted by Crippen LogP contribution is -2.47. The third kappa shape index (κ3) is 4.99. The Kier molecular flexibility index (Phi) is 5.98. The van der Waals surface area contributed by atoms with E-state index in [1.165, 1.54) is 0 Å². The monoisotopic (exact) mass is 373 g/mol. The first-order valence-corrected chi connectivity index (χ1v) is 9.57. The Morgan fingerprint density at radius 3 is 2.33 bits per heavy atom. The number of amides is 3. The van der Waals surface area contributed by atoms with Crippen molar-refractivity contribution in [3.8, 4) is 0 Å². The summed E-state index contributed by atoms with van der Waals surface area (Å²) in [5, 5.41) is 5.90. The molecule has 7 nitrogen and oxygen atoms in total. The number of benzene rings is 1. The van der Waals surface area contributed by atoms with Gasteiger partial charge in [-0.3, -0.25) is 9.59 Å². The molecule has 1 aromatic rings. The minimum absolute atomic E-state index is 0.0459. The summed E-state index contributed by atoms with van der Waals surface area (Å²) in [5.74, 6) is -0.672. The van der Waals surface area contributed by atoms with E-state index in [-0.39, 0.29) is 35.8 Å². The van der Waals surface area contributed by atoms with E-state index in [2.05, 4.69) is 10.6 Å². The molecular formula is C20H27N3O4. The average molecular weight is 373 g/mol. The lowest BCUT2D eigenvalue weighted by molar-refractivity contribution is -0.126. The first kappa shape index (κ1) is 19.2. The number of aryl methyl sites for hydroxylation is 1. The molecule has 3 rings (SSSR count). The maximum absolute atomic E-state index is 12.4. The SMILES string of the molecule is CCOC(=O)N1CCC(NC(=O)C2CC2C(=O)Nc2ccc(C)cc2)CC1. The Bertz CT molecular complexity index is 696. The molecular weight excluding hydrogens is 346 g/mol. The second-order valence-electron chi connectivity index (χ2n) is 7.27. The van der Waals surface area contributed by atoms with Gasteiger partial charge < -0.3 is 20.3 Å². The van der Waals surface area contributed by atoms with E-state index >= 15 is 0 Å². The Morgan fingerprint density at radius 1 is 1.07 bits per heavy atom. The summed E-state index contributed by atoms with van der Waals surface area (Å²) in [6, 6.07) is 7.65. The van der Waals surface area contributed by atoms with Crippen molar-refractivity contribution in [3.63, 3.8) is 0 Å². The minimum Gasteiger partial charge on any atom is -0.450 e. The number of likely N-dealkylation sites (tertiary alicyclic amines) is 1. The fraction of sp³-hybridized carbons (Fsp3) is 0.550. The molecule has 27 heavy (non-hydrogen) atoms. The second-order valence-corrected chi connectivity index (χ2v) is 7.27. The predicted molar refractivity (Wildman–Crippen MR) is 101 cm³/mol. The number of hydrogen-bond donors (Lipinski definition) is 2. The highest BCUT2D eigenvalue weighted by molar-refractivity contribution is 5.99. The highest BCUT2D eigenvalue weighted by atomic mass is 16.6. The summed E-state index contributed by atoms with van der Waals surface area (Å²) in [6.07, 6.45) is 1.71. The summed E-state index contributed by atoms with van der Waals surface area (Å²) in [6.45, 7) is 5.29. The molecule has 2 unspecified atom stereocenters. The molecule has 0 aromatic heterocycles. The van der Waals surface area contributed by atoms with Gasteiger partial charge in [-0.05, 0) is 45.2 Å². The van der Waals surface area contributed by atoms with Crippen molar-refractivity contribution < 1.29 is 19.1 Å². The van der Waals surface area contributed by atoms with Crippen LogP contribution in [-0.4, -0.2) is 48.5 Å². The van der Waals surface area contributed by atoms with Crippen LogP contribution in [0.2, 0.25) is 0 Å². The van der Waals surface area contributed by atoms with Gasteiger partial charge in [0.2, 0.25) is 11.8 Å². The molecule has 146 valence electrons. The van der Waals surface area contributed by atoms with Gasteiger partial charge in [-0.15, -0.1) is 0 Å². The van der Waals surface area contributed by atoms with E-state index in [9.17, 15) is 14.4 Å². The van der Waals surface area contributed by atoms with Crippen molar-refractivity contribution in [2.24, 2.45) is 11.8 Å². The van der Waals surface area contributed by atoms with Gasteiger partial charge in [0.15, 0.2) is 0 Å². The summed E-state index contributed by atoms with van der Waals surface area (Å²) in [5.41, 5.74) is 1.88. The molecule has 1 heterocycles. The fourth-order valence-corrected chi connectivity index (χ4v) is 3.38. The number of nitrogens with one attached hydrogen (secondary N) is 2. The predicted octanol–water partition coefficient (Wildman–Crippen LogP) is 2.31. The third-order valence-corrected chi connectivity index (χ3v) is 5.15. The second kappa shape index (κ2) is 8.41. The van der Waals surface area contributed by atoms with Crippen LogP contribution in [0.1, 0.15) is 31.7 Å². The van der Waals surface area contributed by atoms with Crippen LogP contribution >= 0.6 is 0 Å². The molecule has 1 saturated heterocycles. The van der Waals surface area contributed by atoms with Gasteiger partial charge in [-0.1, -0.05) is 17.7 Å². The van der Waals surface area contributed by atoms with Gasteiger partial charge in [0.25, 0.3) is 0 Å². The number of carbonyl (C=O) groups is 3. The fourth-order valence-electron chi connectivity index (χ4n) is 3.38. The Morgan fingerprint density at radius 2 is 1.70 bits per heavy atom. The molecule has 2 fully saturated rings. The zero-order chi connectivity index (χ0) is 19.4. The van der Waals surface area contributed by atoms with E-state index in [4.69, 9.17) is 4.74 Å². The molecule has 1 aliphatic heterocycles. The van der Waals surface area contributed by atoms with Crippen molar-refractivity contribution in [2.75, 3.05) is 25.0 Å². The van der Waals surface area contributed by atoms with Crippen LogP contribution in [0.4, 0.5) is 10.5 Å². The van der Waals surface area contributed by atoms with Crippen molar-refractivity contribution in [1.82, 2.24) is 10.2 Å². The van der Waals surface area contributed by atoms with Gasteiger partial charge in [0, 0.05) is 24.8 Å². The normalized spacial score (nSPS) is 22.1. The smallest absolute Gasteiger partial charge is 0.409 e. The zero-order valence-corrected chi connectivity index (χ0v) is 15.9. The van der Waals surface area contributed by atoms with E-state index in [1.807, 2.05) is 31.2 Å². The van der Waals surface area contributed by atoms with Crippen molar-refractivity contribution in [1.29, 1.82) is 0 Å². The van der Waals surface area contributed by atoms with Gasteiger partial charge in [-0.2, -0.15) is 0 Å². The summed E-state index contributed by atoms with van der Waals surface area (Å²) >= 11 is 0. The standard InChI is InChI=1S/C20H27N3O4/c1-3-27-20(26)23-10-8-15(9-11-23)22-19(25)17-12-16(17)18(24)21-14-6-4-13(2)5-7-14/h4-7,15-17H,3,8-12H2,1-2H3,(H,21,24)(H,22,25). The number of carbonyl (C=O) groups excluding carboxylic acids is 3. The molecule has 0 spiro atoms. The lowest BCUT2D eigenvalue weighted by atomic mass is 10.1. The van der Waals surface area contributed by atoms with Crippen LogP contribution in [0.5, 0.6) is 0 Å². The van der Waals surface area contributed by atoms with E-state index in [0.29, 0.717) is 39.0 Å². The van der Waals surface area contributed by atoms with Crippen LogP contribution in [0.3, 0.4) is 0 Å². The summed E-state index contributed by atoms with van der Waals surface area (Å²) < 4.78 is 5.00. The molecule has 3 amide bonds. The Labute approximate surface area is 159 Å². The molecule has 7 heteroatoms. The number of piperidine rings is 1.